The van der Waals surface area contributed by atoms with E-state index in [1.807, 2.05) is 10.8 Å². The molecule has 1 aromatic rings. The average Bonchev–Trinajstić information content (AvgIpc) is 2.98. The first-order chi connectivity index (χ1) is 8.77. The molecule has 0 atom stereocenters. The van der Waals surface area contributed by atoms with Crippen LogP contribution in [-0.2, 0) is 6.54 Å². The second-order valence-corrected chi connectivity index (χ2v) is 4.15. The molecule has 2 N–H and O–H groups in total. The predicted octanol–water partition coefficient (Wildman–Crippen LogP) is 0.376. The van der Waals surface area contributed by atoms with E-state index in [0.29, 0.717) is 18.8 Å². The molecule has 0 aliphatic carbocycles. The number of aryl methyl sites for hydroxylation is 1. The van der Waals surface area contributed by atoms with Gasteiger partial charge in [-0.2, -0.15) is 4.57 Å². The maximum absolute atomic E-state index is 10.7. The topological polar surface area (TPSA) is 84.2 Å². The van der Waals surface area contributed by atoms with Crippen LogP contribution in [0.1, 0.15) is 19.3 Å². The van der Waals surface area contributed by atoms with Gasteiger partial charge in [-0.3, -0.25) is 10.1 Å². The van der Waals surface area contributed by atoms with Gasteiger partial charge in [0.1, 0.15) is 0 Å². The van der Waals surface area contributed by atoms with Crippen LogP contribution in [0.25, 0.3) is 0 Å². The maximum Gasteiger partial charge on any atom is 0.334 e. The fraction of sp³-hybridized carbons (Fsp3) is 0.545. The van der Waals surface area contributed by atoms with Crippen LogP contribution in [-0.4, -0.2) is 18.0 Å². The maximum atomic E-state index is 10.7. The summed E-state index contributed by atoms with van der Waals surface area (Å²) in [7, 11) is 0. The Morgan fingerprint density at radius 1 is 1.56 bits per heavy atom. The van der Waals surface area contributed by atoms with Crippen LogP contribution in [0.3, 0.4) is 0 Å². The first-order valence-corrected chi connectivity index (χ1v) is 6.04. The molecule has 1 aromatic heterocycles. The van der Waals surface area contributed by atoms with Crippen LogP contribution in [0.4, 0.5) is 0 Å². The Kier molecular flexibility index (Phi) is 4.16. The number of nitro groups is 1. The monoisotopic (exact) mass is 253 g/mol. The van der Waals surface area contributed by atoms with Crippen molar-refractivity contribution >= 4 is 0 Å². The number of aromatic nitrogens is 1. The van der Waals surface area contributed by atoms with E-state index in [4.69, 9.17) is 4.42 Å². The van der Waals surface area contributed by atoms with Crippen LogP contribution in [0.5, 0.6) is 0 Å². The van der Waals surface area contributed by atoms with Gasteiger partial charge in [-0.05, 0) is 6.42 Å². The van der Waals surface area contributed by atoms with E-state index in [2.05, 4.69) is 10.6 Å². The number of rotatable bonds is 7. The minimum atomic E-state index is -0.316. The van der Waals surface area contributed by atoms with E-state index < -0.39 is 0 Å². The minimum Gasteiger partial charge on any atom is -0.412 e. The van der Waals surface area contributed by atoms with Crippen LogP contribution < -0.4 is 15.2 Å². The van der Waals surface area contributed by atoms with Crippen LogP contribution in [0.2, 0.25) is 0 Å². The molecule has 0 fully saturated rings. The zero-order chi connectivity index (χ0) is 12.8. The molecule has 98 valence electrons. The van der Waals surface area contributed by atoms with Crippen LogP contribution >= 0.6 is 0 Å². The molecule has 0 aromatic carbocycles. The van der Waals surface area contributed by atoms with E-state index >= 15 is 0 Å². The van der Waals surface area contributed by atoms with Crippen LogP contribution in [0.15, 0.2) is 34.8 Å². The smallest absolute Gasteiger partial charge is 0.334 e. The Morgan fingerprint density at radius 2 is 2.44 bits per heavy atom. The van der Waals surface area contributed by atoms with Gasteiger partial charge in [0, 0.05) is 19.5 Å². The van der Waals surface area contributed by atoms with Gasteiger partial charge in [-0.25, -0.2) is 0 Å². The predicted molar refractivity (Wildman–Crippen MR) is 62.8 cm³/mol. The summed E-state index contributed by atoms with van der Waals surface area (Å²) in [6, 6.07) is 0. The van der Waals surface area contributed by atoms with E-state index in [9.17, 15) is 10.1 Å². The quantitative estimate of drug-likeness (QED) is 0.317. The van der Waals surface area contributed by atoms with Crippen molar-refractivity contribution < 1.29 is 13.9 Å². The fourth-order valence-corrected chi connectivity index (χ4v) is 1.90. The highest BCUT2D eigenvalue weighted by molar-refractivity contribution is 5.09. The summed E-state index contributed by atoms with van der Waals surface area (Å²) in [6.45, 7) is 2.27. The molecular weight excluding hydrogens is 236 g/mol. The summed E-state index contributed by atoms with van der Waals surface area (Å²) < 4.78 is 6.92. The van der Waals surface area contributed by atoms with Gasteiger partial charge in [-0.1, -0.05) is 0 Å². The van der Waals surface area contributed by atoms with Gasteiger partial charge in [0.25, 0.3) is 5.70 Å². The highest BCUT2D eigenvalue weighted by Gasteiger charge is 2.23. The lowest BCUT2D eigenvalue weighted by molar-refractivity contribution is -0.700. The number of unbranched alkanes of at least 4 members (excludes halogenated alkanes) is 1. The third kappa shape index (κ3) is 3.22. The number of nitrogens with one attached hydrogen (secondary N) is 2. The molecule has 2 rings (SSSR count). The van der Waals surface area contributed by atoms with Gasteiger partial charge in [0.2, 0.25) is 6.20 Å². The molecular formula is C11H17N4O3+. The lowest BCUT2D eigenvalue weighted by Crippen LogP contribution is -2.31. The molecule has 1 aliphatic rings. The van der Waals surface area contributed by atoms with Crippen molar-refractivity contribution in [3.8, 4) is 0 Å². The van der Waals surface area contributed by atoms with Gasteiger partial charge >= 0.3 is 6.39 Å². The second kappa shape index (κ2) is 6.04. The normalized spacial score (nSPS) is 14.7. The molecule has 7 heteroatoms. The molecule has 0 saturated heterocycles. The number of nitrogens with zero attached hydrogens (tertiary/aromatic N) is 2. The number of hydrogen-bond acceptors (Lipinski definition) is 5. The lowest BCUT2D eigenvalue weighted by atomic mass is 10.3. The van der Waals surface area contributed by atoms with Crippen molar-refractivity contribution in [1.82, 2.24) is 10.6 Å². The summed E-state index contributed by atoms with van der Waals surface area (Å²) >= 11 is 0. The van der Waals surface area contributed by atoms with Crippen molar-refractivity contribution in [2.75, 3.05) is 13.1 Å². The number of hydrogen-bond donors (Lipinski definition) is 2. The molecule has 2 heterocycles. The average molecular weight is 253 g/mol. The SMILES string of the molecule is O=[N+]([O-])C1=C(NCCCC[n+]2ccoc2)NCC1. The fourth-order valence-electron chi connectivity index (χ4n) is 1.90. The molecule has 0 saturated carbocycles. The number of oxazole rings is 1. The summed E-state index contributed by atoms with van der Waals surface area (Å²) in [6.07, 6.45) is 7.61. The van der Waals surface area contributed by atoms with E-state index in [1.54, 1.807) is 12.7 Å². The summed E-state index contributed by atoms with van der Waals surface area (Å²) in [5.74, 6) is 0.580. The highest BCUT2D eigenvalue weighted by atomic mass is 16.6. The van der Waals surface area contributed by atoms with Crippen molar-refractivity contribution in [1.29, 1.82) is 0 Å². The molecule has 7 nitrogen and oxygen atoms in total. The van der Waals surface area contributed by atoms with E-state index in [0.717, 1.165) is 25.9 Å². The molecule has 0 amide bonds. The minimum absolute atomic E-state index is 0.263. The van der Waals surface area contributed by atoms with Gasteiger partial charge < -0.3 is 15.1 Å². The van der Waals surface area contributed by atoms with Crippen molar-refractivity contribution in [2.24, 2.45) is 0 Å². The first kappa shape index (κ1) is 12.4. The second-order valence-electron chi connectivity index (χ2n) is 4.15. The standard InChI is InChI=1S/C11H17N4O3/c16-15(17)10-3-5-13-11(10)12-4-1-2-6-14-7-8-18-9-14/h7-9,12-13H,1-6H2/q+1. The van der Waals surface area contributed by atoms with Crippen molar-refractivity contribution in [2.45, 2.75) is 25.8 Å². The Morgan fingerprint density at radius 3 is 3.17 bits per heavy atom. The van der Waals surface area contributed by atoms with Crippen LogP contribution in [0, 0.1) is 10.1 Å². The first-order valence-electron chi connectivity index (χ1n) is 6.04. The zero-order valence-corrected chi connectivity index (χ0v) is 10.1. The Hall–Kier alpha value is -2.05. The molecule has 1 aliphatic heterocycles. The molecule has 18 heavy (non-hydrogen) atoms. The summed E-state index contributed by atoms with van der Waals surface area (Å²) in [5, 5.41) is 16.8. The van der Waals surface area contributed by atoms with E-state index in [1.165, 1.54) is 0 Å². The third-order valence-electron chi connectivity index (χ3n) is 2.84. The molecule has 0 spiro atoms. The van der Waals surface area contributed by atoms with Crippen molar-refractivity contribution in [3.05, 3.63) is 40.5 Å². The highest BCUT2D eigenvalue weighted by Crippen LogP contribution is 2.11. The van der Waals surface area contributed by atoms with Gasteiger partial charge in [0.15, 0.2) is 18.6 Å². The Labute approximate surface area is 105 Å². The summed E-state index contributed by atoms with van der Waals surface area (Å²) in [4.78, 5) is 10.4. The zero-order valence-electron chi connectivity index (χ0n) is 10.1. The molecule has 0 unspecified atom stereocenters. The molecule has 0 bridgehead atoms. The summed E-state index contributed by atoms with van der Waals surface area (Å²) in [5.41, 5.74) is 0.263. The Bertz CT molecular complexity index is 428. The third-order valence-corrected chi connectivity index (χ3v) is 2.84. The van der Waals surface area contributed by atoms with Gasteiger partial charge in [-0.15, -0.1) is 0 Å². The molecule has 0 radical (unpaired) electrons. The van der Waals surface area contributed by atoms with E-state index in [-0.39, 0.29) is 10.6 Å². The van der Waals surface area contributed by atoms with Crippen molar-refractivity contribution in [3.63, 3.8) is 0 Å². The Balaban J connectivity index is 1.66. The largest absolute Gasteiger partial charge is 0.412 e. The lowest BCUT2D eigenvalue weighted by Gasteiger charge is -2.06. The van der Waals surface area contributed by atoms with Gasteiger partial charge in [0.05, 0.1) is 11.3 Å².